The fourth-order valence-corrected chi connectivity index (χ4v) is 4.55. The molecule has 1 amide bonds. The van der Waals surface area contributed by atoms with Crippen molar-refractivity contribution in [3.63, 3.8) is 0 Å². The number of benzene rings is 1. The number of aromatic nitrogens is 2. The maximum absolute atomic E-state index is 13.4. The summed E-state index contributed by atoms with van der Waals surface area (Å²) in [6.07, 6.45) is 8.92. The molecular weight excluding hydrogens is 372 g/mol. The SMILES string of the molecule is CN(C)C(=O)[C@]1(Cc2ccccc2-c2cccnc2)CCN(Cc2ccncc2)C1. The largest absolute Gasteiger partial charge is 0.348 e. The number of nitrogens with zero attached hydrogens (tertiary/aromatic N) is 4. The van der Waals surface area contributed by atoms with Crippen LogP contribution >= 0.6 is 0 Å². The van der Waals surface area contributed by atoms with Crippen LogP contribution in [0.4, 0.5) is 0 Å². The van der Waals surface area contributed by atoms with Crippen molar-refractivity contribution in [3.05, 3.63) is 84.4 Å². The fraction of sp³-hybridized carbons (Fsp3) is 0.320. The van der Waals surface area contributed by atoms with Gasteiger partial charge in [-0.3, -0.25) is 19.7 Å². The summed E-state index contributed by atoms with van der Waals surface area (Å²) in [4.78, 5) is 25.9. The van der Waals surface area contributed by atoms with Gasteiger partial charge >= 0.3 is 0 Å². The molecule has 154 valence electrons. The minimum atomic E-state index is -0.422. The monoisotopic (exact) mass is 400 g/mol. The molecule has 0 N–H and O–H groups in total. The average Bonchev–Trinajstić information content (AvgIpc) is 3.18. The molecular formula is C25H28N4O. The summed E-state index contributed by atoms with van der Waals surface area (Å²) in [5.41, 5.74) is 4.26. The molecule has 3 heterocycles. The lowest BCUT2D eigenvalue weighted by atomic mass is 9.78. The molecule has 0 saturated carbocycles. The van der Waals surface area contributed by atoms with Gasteiger partial charge in [-0.15, -0.1) is 0 Å². The van der Waals surface area contributed by atoms with Gasteiger partial charge in [-0.2, -0.15) is 0 Å². The Morgan fingerprint density at radius 3 is 2.57 bits per heavy atom. The molecule has 30 heavy (non-hydrogen) atoms. The number of carbonyl (C=O) groups excluding carboxylic acids is 1. The minimum Gasteiger partial charge on any atom is -0.348 e. The summed E-state index contributed by atoms with van der Waals surface area (Å²) >= 11 is 0. The summed E-state index contributed by atoms with van der Waals surface area (Å²) in [5.74, 6) is 0.209. The lowest BCUT2D eigenvalue weighted by Crippen LogP contribution is -2.44. The number of pyridine rings is 2. The normalized spacial score (nSPS) is 19.0. The lowest BCUT2D eigenvalue weighted by Gasteiger charge is -2.32. The molecule has 0 unspecified atom stereocenters. The first-order valence-electron chi connectivity index (χ1n) is 10.4. The predicted molar refractivity (Wildman–Crippen MR) is 119 cm³/mol. The zero-order valence-corrected chi connectivity index (χ0v) is 17.7. The first kappa shape index (κ1) is 20.2. The molecule has 0 spiro atoms. The highest BCUT2D eigenvalue weighted by atomic mass is 16.2. The number of rotatable bonds is 6. The van der Waals surface area contributed by atoms with E-state index in [0.29, 0.717) is 0 Å². The second-order valence-corrected chi connectivity index (χ2v) is 8.37. The zero-order chi connectivity index (χ0) is 21.0. The summed E-state index contributed by atoms with van der Waals surface area (Å²) in [6.45, 7) is 2.51. The Morgan fingerprint density at radius 1 is 1.03 bits per heavy atom. The Bertz CT molecular complexity index is 990. The van der Waals surface area contributed by atoms with Crippen LogP contribution in [0.5, 0.6) is 0 Å². The van der Waals surface area contributed by atoms with Crippen LogP contribution in [0.15, 0.2) is 73.3 Å². The molecule has 0 radical (unpaired) electrons. The number of hydrogen-bond donors (Lipinski definition) is 0. The molecule has 1 aromatic carbocycles. The molecule has 1 atom stereocenters. The highest BCUT2D eigenvalue weighted by Gasteiger charge is 2.45. The van der Waals surface area contributed by atoms with Gasteiger partial charge in [0, 0.05) is 57.5 Å². The van der Waals surface area contributed by atoms with Crippen molar-refractivity contribution in [1.82, 2.24) is 19.8 Å². The smallest absolute Gasteiger partial charge is 0.229 e. The zero-order valence-electron chi connectivity index (χ0n) is 17.7. The summed E-state index contributed by atoms with van der Waals surface area (Å²) in [5, 5.41) is 0. The first-order valence-corrected chi connectivity index (χ1v) is 10.4. The van der Waals surface area contributed by atoms with Crippen LogP contribution in [-0.4, -0.2) is 52.9 Å². The molecule has 3 aromatic rings. The van der Waals surface area contributed by atoms with Crippen molar-refractivity contribution in [3.8, 4) is 11.1 Å². The predicted octanol–water partition coefficient (Wildman–Crippen LogP) is 3.67. The second kappa shape index (κ2) is 8.76. The fourth-order valence-electron chi connectivity index (χ4n) is 4.55. The van der Waals surface area contributed by atoms with E-state index in [1.807, 2.05) is 50.9 Å². The number of hydrogen-bond acceptors (Lipinski definition) is 4. The van der Waals surface area contributed by atoms with Crippen LogP contribution < -0.4 is 0 Å². The average molecular weight is 401 g/mol. The van der Waals surface area contributed by atoms with Gasteiger partial charge in [-0.05, 0) is 54.3 Å². The van der Waals surface area contributed by atoms with Crippen molar-refractivity contribution < 1.29 is 4.79 Å². The van der Waals surface area contributed by atoms with E-state index < -0.39 is 5.41 Å². The van der Waals surface area contributed by atoms with Crippen molar-refractivity contribution in [2.24, 2.45) is 5.41 Å². The van der Waals surface area contributed by atoms with E-state index in [0.717, 1.165) is 43.6 Å². The van der Waals surface area contributed by atoms with Crippen molar-refractivity contribution >= 4 is 5.91 Å². The van der Waals surface area contributed by atoms with E-state index in [4.69, 9.17) is 0 Å². The van der Waals surface area contributed by atoms with Crippen LogP contribution in [0, 0.1) is 5.41 Å². The highest BCUT2D eigenvalue weighted by Crippen LogP contribution is 2.39. The third-order valence-corrected chi connectivity index (χ3v) is 5.97. The molecule has 0 bridgehead atoms. The van der Waals surface area contributed by atoms with E-state index in [-0.39, 0.29) is 5.91 Å². The van der Waals surface area contributed by atoms with Gasteiger partial charge in [-0.25, -0.2) is 0 Å². The van der Waals surface area contributed by atoms with Crippen molar-refractivity contribution in [1.29, 1.82) is 0 Å². The number of likely N-dealkylation sites (tertiary alicyclic amines) is 1. The third kappa shape index (κ3) is 4.26. The Labute approximate surface area is 178 Å². The van der Waals surface area contributed by atoms with E-state index in [1.54, 1.807) is 11.1 Å². The van der Waals surface area contributed by atoms with Gasteiger partial charge in [0.05, 0.1) is 5.41 Å². The molecule has 1 aliphatic rings. The van der Waals surface area contributed by atoms with Gasteiger partial charge < -0.3 is 4.90 Å². The van der Waals surface area contributed by atoms with E-state index in [2.05, 4.69) is 45.2 Å². The van der Waals surface area contributed by atoms with E-state index in [1.165, 1.54) is 11.1 Å². The maximum atomic E-state index is 13.4. The Hall–Kier alpha value is -3.05. The summed E-state index contributed by atoms with van der Waals surface area (Å²) in [6, 6.07) is 16.5. The van der Waals surface area contributed by atoms with E-state index in [9.17, 15) is 4.79 Å². The first-order chi connectivity index (χ1) is 14.6. The van der Waals surface area contributed by atoms with Crippen LogP contribution in [0.25, 0.3) is 11.1 Å². The third-order valence-electron chi connectivity index (χ3n) is 5.97. The van der Waals surface area contributed by atoms with Crippen LogP contribution in [0.3, 0.4) is 0 Å². The highest BCUT2D eigenvalue weighted by molar-refractivity contribution is 5.84. The van der Waals surface area contributed by atoms with Gasteiger partial charge in [0.2, 0.25) is 5.91 Å². The maximum Gasteiger partial charge on any atom is 0.229 e. The van der Waals surface area contributed by atoms with Gasteiger partial charge in [-0.1, -0.05) is 30.3 Å². The summed E-state index contributed by atoms with van der Waals surface area (Å²) < 4.78 is 0. The van der Waals surface area contributed by atoms with Crippen LogP contribution in [0.2, 0.25) is 0 Å². The van der Waals surface area contributed by atoms with Crippen LogP contribution in [-0.2, 0) is 17.8 Å². The Morgan fingerprint density at radius 2 is 1.83 bits per heavy atom. The quantitative estimate of drug-likeness (QED) is 0.634. The lowest BCUT2D eigenvalue weighted by molar-refractivity contribution is -0.138. The van der Waals surface area contributed by atoms with Gasteiger partial charge in [0.1, 0.15) is 0 Å². The number of carbonyl (C=O) groups is 1. The molecule has 1 aliphatic heterocycles. The van der Waals surface area contributed by atoms with Crippen molar-refractivity contribution in [2.45, 2.75) is 19.4 Å². The Kier molecular flexibility index (Phi) is 5.91. The van der Waals surface area contributed by atoms with Gasteiger partial charge in [0.15, 0.2) is 0 Å². The summed E-state index contributed by atoms with van der Waals surface area (Å²) in [7, 11) is 3.73. The standard InChI is InChI=1S/C25H28N4O/c1-28(2)24(30)25(11-15-29(19-25)18-20-9-13-26-14-10-20)16-21-6-3-4-8-23(21)22-7-5-12-27-17-22/h3-10,12-14,17H,11,15-16,18-19H2,1-2H3/t25-/m0/s1. The molecule has 4 rings (SSSR count). The topological polar surface area (TPSA) is 49.3 Å². The molecule has 0 aliphatic carbocycles. The van der Waals surface area contributed by atoms with Crippen molar-refractivity contribution in [2.75, 3.05) is 27.2 Å². The molecule has 1 saturated heterocycles. The molecule has 5 heteroatoms. The molecule has 1 fully saturated rings. The molecule has 5 nitrogen and oxygen atoms in total. The molecule has 2 aromatic heterocycles. The Balaban J connectivity index is 1.63. The van der Waals surface area contributed by atoms with Crippen LogP contribution in [0.1, 0.15) is 17.5 Å². The van der Waals surface area contributed by atoms with Gasteiger partial charge in [0.25, 0.3) is 0 Å². The second-order valence-electron chi connectivity index (χ2n) is 8.37. The van der Waals surface area contributed by atoms with E-state index >= 15 is 0 Å². The number of amides is 1. The minimum absolute atomic E-state index is 0.209.